The number of nitrogens with one attached hydrogen (secondary N) is 1. The summed E-state index contributed by atoms with van der Waals surface area (Å²) in [6.07, 6.45) is 0. The monoisotopic (exact) mass is 418 g/mol. The van der Waals surface area contributed by atoms with E-state index < -0.39 is 0 Å². The van der Waals surface area contributed by atoms with Gasteiger partial charge in [-0.3, -0.25) is 10.2 Å². The van der Waals surface area contributed by atoms with E-state index in [0.717, 1.165) is 14.9 Å². The van der Waals surface area contributed by atoms with Crippen LogP contribution in [-0.4, -0.2) is 5.91 Å². The van der Waals surface area contributed by atoms with Crippen LogP contribution in [0.5, 0.6) is 5.75 Å². The molecule has 0 aliphatic carbocycles. The third-order valence-corrected chi connectivity index (χ3v) is 4.43. The van der Waals surface area contributed by atoms with Crippen LogP contribution >= 0.6 is 22.6 Å². The molecule has 3 N–H and O–H groups in total. The van der Waals surface area contributed by atoms with E-state index in [4.69, 9.17) is 10.6 Å². The molecule has 0 bridgehead atoms. The van der Waals surface area contributed by atoms with Crippen LogP contribution in [0.3, 0.4) is 0 Å². The molecule has 0 radical (unpaired) electrons. The molecular weight excluding hydrogens is 403 g/mol. The second-order valence-electron chi connectivity index (χ2n) is 5.05. The van der Waals surface area contributed by atoms with Crippen LogP contribution in [0.2, 0.25) is 0 Å². The average Bonchev–Trinajstić information content (AvgIpc) is 2.60. The SMILES string of the molecule is NNC(=O)c1ccc(OCc2cccc3ccccc23)c(I)c1. The smallest absolute Gasteiger partial charge is 0.265 e. The van der Waals surface area contributed by atoms with Gasteiger partial charge in [0.25, 0.3) is 5.91 Å². The number of halogens is 1. The van der Waals surface area contributed by atoms with Gasteiger partial charge in [0.15, 0.2) is 0 Å². The standard InChI is InChI=1S/C18H15IN2O2/c19-16-10-13(18(22)21-20)8-9-17(16)23-11-14-6-3-5-12-4-1-2-7-15(12)14/h1-10H,11,20H2,(H,21,22). The highest BCUT2D eigenvalue weighted by molar-refractivity contribution is 14.1. The number of hydrogen-bond donors (Lipinski definition) is 2. The molecule has 1 amide bonds. The number of ether oxygens (including phenoxy) is 1. The summed E-state index contributed by atoms with van der Waals surface area (Å²) in [6, 6.07) is 19.6. The zero-order chi connectivity index (χ0) is 16.2. The van der Waals surface area contributed by atoms with Crippen molar-refractivity contribution in [3.05, 3.63) is 75.4 Å². The van der Waals surface area contributed by atoms with Crippen molar-refractivity contribution < 1.29 is 9.53 Å². The number of nitrogens with two attached hydrogens (primary N) is 1. The van der Waals surface area contributed by atoms with Crippen LogP contribution in [0.25, 0.3) is 10.8 Å². The third kappa shape index (κ3) is 3.46. The molecule has 0 atom stereocenters. The largest absolute Gasteiger partial charge is 0.488 e. The fraction of sp³-hybridized carbons (Fsp3) is 0.0556. The highest BCUT2D eigenvalue weighted by Gasteiger charge is 2.09. The first-order chi connectivity index (χ1) is 11.2. The Kier molecular flexibility index (Phi) is 4.78. The summed E-state index contributed by atoms with van der Waals surface area (Å²) >= 11 is 2.15. The summed E-state index contributed by atoms with van der Waals surface area (Å²) in [7, 11) is 0. The van der Waals surface area contributed by atoms with E-state index in [1.54, 1.807) is 18.2 Å². The zero-order valence-electron chi connectivity index (χ0n) is 12.3. The molecule has 0 saturated heterocycles. The van der Waals surface area contributed by atoms with Gasteiger partial charge in [0.1, 0.15) is 12.4 Å². The molecule has 0 aliphatic rings. The number of fused-ring (bicyclic) bond motifs is 1. The van der Waals surface area contributed by atoms with Gasteiger partial charge in [-0.05, 0) is 57.1 Å². The summed E-state index contributed by atoms with van der Waals surface area (Å²) in [4.78, 5) is 11.5. The van der Waals surface area contributed by atoms with E-state index in [0.29, 0.717) is 12.2 Å². The van der Waals surface area contributed by atoms with E-state index in [1.165, 1.54) is 10.8 Å². The van der Waals surface area contributed by atoms with Crippen molar-refractivity contribution >= 4 is 39.3 Å². The Morgan fingerprint density at radius 1 is 1.09 bits per heavy atom. The Labute approximate surface area is 147 Å². The fourth-order valence-corrected chi connectivity index (χ4v) is 3.09. The first-order valence-corrected chi connectivity index (χ1v) is 8.17. The normalized spacial score (nSPS) is 10.5. The van der Waals surface area contributed by atoms with Crippen molar-refractivity contribution in [2.45, 2.75) is 6.61 Å². The van der Waals surface area contributed by atoms with Gasteiger partial charge in [-0.2, -0.15) is 0 Å². The molecule has 3 rings (SSSR count). The molecule has 0 unspecified atom stereocenters. The second kappa shape index (κ2) is 6.97. The van der Waals surface area contributed by atoms with E-state index >= 15 is 0 Å². The summed E-state index contributed by atoms with van der Waals surface area (Å²) in [6.45, 7) is 0.472. The van der Waals surface area contributed by atoms with E-state index in [1.807, 2.05) is 18.2 Å². The number of hydrogen-bond acceptors (Lipinski definition) is 3. The first-order valence-electron chi connectivity index (χ1n) is 7.09. The van der Waals surface area contributed by atoms with Crippen molar-refractivity contribution in [1.29, 1.82) is 0 Å². The van der Waals surface area contributed by atoms with Crippen LogP contribution in [0.1, 0.15) is 15.9 Å². The van der Waals surface area contributed by atoms with Gasteiger partial charge in [0.05, 0.1) is 3.57 Å². The minimum absolute atomic E-state index is 0.316. The molecule has 0 aromatic heterocycles. The molecule has 0 spiro atoms. The second-order valence-corrected chi connectivity index (χ2v) is 6.21. The van der Waals surface area contributed by atoms with Crippen molar-refractivity contribution in [2.24, 2.45) is 5.84 Å². The first kappa shape index (κ1) is 15.8. The summed E-state index contributed by atoms with van der Waals surface area (Å²) in [5.41, 5.74) is 3.76. The predicted molar refractivity (Wildman–Crippen MR) is 99.1 cm³/mol. The predicted octanol–water partition coefficient (Wildman–Crippen LogP) is 3.63. The number of nitrogen functional groups attached to an aromatic ring is 1. The fourth-order valence-electron chi connectivity index (χ4n) is 2.42. The van der Waals surface area contributed by atoms with Gasteiger partial charge < -0.3 is 4.74 Å². The van der Waals surface area contributed by atoms with Gasteiger partial charge in [-0.15, -0.1) is 0 Å². The topological polar surface area (TPSA) is 64.3 Å². The molecule has 4 nitrogen and oxygen atoms in total. The molecule has 0 saturated carbocycles. The third-order valence-electron chi connectivity index (χ3n) is 3.59. The van der Waals surface area contributed by atoms with Gasteiger partial charge in [0, 0.05) is 5.56 Å². The van der Waals surface area contributed by atoms with Gasteiger partial charge in [-0.1, -0.05) is 42.5 Å². The lowest BCUT2D eigenvalue weighted by Gasteiger charge is -2.11. The summed E-state index contributed by atoms with van der Waals surface area (Å²) in [5.74, 6) is 5.57. The molecule has 3 aromatic carbocycles. The van der Waals surface area contributed by atoms with Crippen LogP contribution in [-0.2, 0) is 6.61 Å². The summed E-state index contributed by atoms with van der Waals surface area (Å²) < 4.78 is 6.79. The minimum atomic E-state index is -0.316. The maximum atomic E-state index is 11.5. The zero-order valence-corrected chi connectivity index (χ0v) is 14.4. The lowest BCUT2D eigenvalue weighted by Crippen LogP contribution is -2.29. The van der Waals surface area contributed by atoms with Crippen molar-refractivity contribution in [1.82, 2.24) is 5.43 Å². The van der Waals surface area contributed by atoms with Gasteiger partial charge in [0.2, 0.25) is 0 Å². The average molecular weight is 418 g/mol. The highest BCUT2D eigenvalue weighted by Crippen LogP contribution is 2.25. The number of rotatable bonds is 4. The Bertz CT molecular complexity index is 859. The molecular formula is C18H15IN2O2. The van der Waals surface area contributed by atoms with Crippen molar-refractivity contribution in [2.75, 3.05) is 0 Å². The number of amides is 1. The van der Waals surface area contributed by atoms with E-state index in [9.17, 15) is 4.79 Å². The van der Waals surface area contributed by atoms with E-state index in [2.05, 4.69) is 52.3 Å². The molecule has 0 heterocycles. The summed E-state index contributed by atoms with van der Waals surface area (Å²) in [5, 5.41) is 2.38. The Hall–Kier alpha value is -2.12. The molecule has 0 fully saturated rings. The van der Waals surface area contributed by atoms with Gasteiger partial charge in [-0.25, -0.2) is 5.84 Å². The van der Waals surface area contributed by atoms with E-state index in [-0.39, 0.29) is 5.91 Å². The Morgan fingerprint density at radius 2 is 1.87 bits per heavy atom. The van der Waals surface area contributed by atoms with Gasteiger partial charge >= 0.3 is 0 Å². The molecule has 23 heavy (non-hydrogen) atoms. The Balaban J connectivity index is 1.81. The lowest BCUT2D eigenvalue weighted by atomic mass is 10.1. The van der Waals surface area contributed by atoms with Crippen LogP contribution in [0, 0.1) is 3.57 Å². The van der Waals surface area contributed by atoms with Crippen LogP contribution < -0.4 is 16.0 Å². The molecule has 5 heteroatoms. The molecule has 0 aliphatic heterocycles. The number of carbonyl (C=O) groups is 1. The minimum Gasteiger partial charge on any atom is -0.488 e. The maximum Gasteiger partial charge on any atom is 0.265 e. The van der Waals surface area contributed by atoms with Crippen LogP contribution in [0.4, 0.5) is 0 Å². The number of hydrazine groups is 1. The number of benzene rings is 3. The highest BCUT2D eigenvalue weighted by atomic mass is 127. The quantitative estimate of drug-likeness (QED) is 0.295. The molecule has 116 valence electrons. The molecule has 3 aromatic rings. The van der Waals surface area contributed by atoms with Crippen molar-refractivity contribution in [3.8, 4) is 5.75 Å². The maximum absolute atomic E-state index is 11.5. The number of carbonyl (C=O) groups excluding carboxylic acids is 1. The van der Waals surface area contributed by atoms with Crippen LogP contribution in [0.15, 0.2) is 60.7 Å². The lowest BCUT2D eigenvalue weighted by molar-refractivity contribution is 0.0953. The Morgan fingerprint density at radius 3 is 2.65 bits per heavy atom. The van der Waals surface area contributed by atoms with Crippen molar-refractivity contribution in [3.63, 3.8) is 0 Å².